The van der Waals surface area contributed by atoms with Gasteiger partial charge in [-0.05, 0) is 87.5 Å². The van der Waals surface area contributed by atoms with E-state index in [-0.39, 0.29) is 28.1 Å². The van der Waals surface area contributed by atoms with Gasteiger partial charge in [0.05, 0.1) is 50.3 Å². The number of sulfone groups is 1. The van der Waals surface area contributed by atoms with Crippen molar-refractivity contribution in [3.05, 3.63) is 144 Å². The van der Waals surface area contributed by atoms with Gasteiger partial charge < -0.3 is 30.0 Å². The predicted molar refractivity (Wildman–Crippen MR) is 246 cm³/mol. The van der Waals surface area contributed by atoms with Gasteiger partial charge in [0.15, 0.2) is 15.6 Å². The van der Waals surface area contributed by atoms with E-state index in [2.05, 4.69) is 32.3 Å². The van der Waals surface area contributed by atoms with Gasteiger partial charge in [-0.1, -0.05) is 98.7 Å². The number of ketones is 1. The maximum Gasteiger partial charge on any atom is 0.251 e. The van der Waals surface area contributed by atoms with Gasteiger partial charge in [-0.2, -0.15) is 0 Å². The van der Waals surface area contributed by atoms with Crippen LogP contribution in [-0.2, 0) is 24.0 Å². The molecular formula is C48H64N2O8S2. The van der Waals surface area contributed by atoms with Crippen LogP contribution < -0.4 is 15.8 Å². The number of hydrogen-bond donors (Lipinski definition) is 2. The van der Waals surface area contributed by atoms with Crippen molar-refractivity contribution in [1.82, 2.24) is 5.32 Å². The normalized spacial score (nSPS) is 11.2. The van der Waals surface area contributed by atoms with Crippen LogP contribution in [0.5, 0.6) is 5.75 Å². The highest BCUT2D eigenvalue weighted by Crippen LogP contribution is 2.26. The molecule has 60 heavy (non-hydrogen) atoms. The van der Waals surface area contributed by atoms with E-state index < -0.39 is 15.8 Å². The van der Waals surface area contributed by atoms with Gasteiger partial charge >= 0.3 is 0 Å². The number of hydrogen-bond acceptors (Lipinski definition) is 10. The van der Waals surface area contributed by atoms with Crippen molar-refractivity contribution >= 4 is 38.9 Å². The molecule has 10 nitrogen and oxygen atoms in total. The number of carbonyl (C=O) groups excluding carboxylic acids is 2. The number of aryl methyl sites for hydroxylation is 2. The first kappa shape index (κ1) is 51.4. The molecule has 0 aliphatic heterocycles. The number of rotatable bonds is 23. The molecule has 0 bridgehead atoms. The third-order valence-corrected chi connectivity index (χ3v) is 11.2. The lowest BCUT2D eigenvalue weighted by Gasteiger charge is -2.17. The van der Waals surface area contributed by atoms with Crippen molar-refractivity contribution in [2.45, 2.75) is 57.8 Å². The quantitative estimate of drug-likeness (QED) is 0.0421. The second-order valence-corrected chi connectivity index (χ2v) is 17.3. The maximum atomic E-state index is 13.7. The standard InChI is InChI=1S/C42H49NO8S2.C3H7N.C3H8/c1-31(2)34-13-15-38(16-14-34)51-28-27-50-26-25-49-24-23-48-22-21-43-42(45)36-11-9-35(10-12-36)41(44)37(29-52-39-17-5-32(3)6-18-39)30-53(46,47)40-19-7-33(4)8-20-40;1-3(2)4;1-3-2/h5-20,37H,1,21-30H2,2-4H3,(H,43,45);1,4H2,2H3;3H2,1-2H3. The summed E-state index contributed by atoms with van der Waals surface area (Å²) in [4.78, 5) is 27.6. The number of amides is 1. The highest BCUT2D eigenvalue weighted by molar-refractivity contribution is 7.99. The number of Topliss-reactive ketones (excluding diaryl/α,β-unsaturated/α-hetero) is 1. The smallest absolute Gasteiger partial charge is 0.251 e. The summed E-state index contributed by atoms with van der Waals surface area (Å²) < 4.78 is 49.0. The summed E-state index contributed by atoms with van der Waals surface area (Å²) in [6, 6.07) is 28.6. The summed E-state index contributed by atoms with van der Waals surface area (Å²) >= 11 is 1.45. The van der Waals surface area contributed by atoms with Gasteiger partial charge in [0.2, 0.25) is 0 Å². The molecule has 4 aromatic rings. The highest BCUT2D eigenvalue weighted by Gasteiger charge is 2.28. The third kappa shape index (κ3) is 21.0. The van der Waals surface area contributed by atoms with Crippen molar-refractivity contribution in [2.75, 3.05) is 64.3 Å². The number of nitrogens with one attached hydrogen (secondary N) is 1. The zero-order valence-electron chi connectivity index (χ0n) is 36.2. The Balaban J connectivity index is 0.00000164. The molecule has 0 aliphatic carbocycles. The van der Waals surface area contributed by atoms with E-state index >= 15 is 0 Å². The minimum atomic E-state index is -3.73. The first-order chi connectivity index (χ1) is 28.7. The second-order valence-electron chi connectivity index (χ2n) is 14.2. The van der Waals surface area contributed by atoms with E-state index in [1.54, 1.807) is 55.5 Å². The predicted octanol–water partition coefficient (Wildman–Crippen LogP) is 9.16. The van der Waals surface area contributed by atoms with E-state index in [1.165, 1.54) is 18.2 Å². The number of nitrogens with two attached hydrogens (primary N) is 1. The van der Waals surface area contributed by atoms with Crippen molar-refractivity contribution in [2.24, 2.45) is 11.7 Å². The Morgan fingerprint density at radius 3 is 1.65 bits per heavy atom. The van der Waals surface area contributed by atoms with Crippen LogP contribution in [0.1, 0.15) is 71.5 Å². The fourth-order valence-electron chi connectivity index (χ4n) is 5.09. The van der Waals surface area contributed by atoms with Crippen LogP contribution in [0.15, 0.2) is 126 Å². The Morgan fingerprint density at radius 1 is 0.683 bits per heavy atom. The topological polar surface area (TPSA) is 143 Å². The molecule has 4 aromatic carbocycles. The molecule has 3 N–H and O–H groups in total. The molecule has 0 heterocycles. The summed E-state index contributed by atoms with van der Waals surface area (Å²) in [5.41, 5.74) is 10.5. The number of carbonyl (C=O) groups is 2. The molecule has 1 amide bonds. The Bertz CT molecular complexity index is 1980. The lowest BCUT2D eigenvalue weighted by atomic mass is 9.99. The van der Waals surface area contributed by atoms with Gasteiger partial charge in [-0.15, -0.1) is 11.8 Å². The summed E-state index contributed by atoms with van der Waals surface area (Å²) in [5.74, 6) is -0.636. The van der Waals surface area contributed by atoms with Crippen LogP contribution in [0.3, 0.4) is 0 Å². The highest BCUT2D eigenvalue weighted by atomic mass is 32.2. The number of benzene rings is 4. The molecule has 4 rings (SSSR count). The Morgan fingerprint density at radius 2 is 1.13 bits per heavy atom. The Hall–Kier alpha value is -4.72. The van der Waals surface area contributed by atoms with Crippen LogP contribution in [0.4, 0.5) is 0 Å². The minimum Gasteiger partial charge on any atom is -0.491 e. The zero-order chi connectivity index (χ0) is 44.3. The lowest BCUT2D eigenvalue weighted by Crippen LogP contribution is -2.28. The van der Waals surface area contributed by atoms with Gasteiger partial charge in [0.25, 0.3) is 5.91 Å². The molecule has 1 atom stereocenters. The van der Waals surface area contributed by atoms with Crippen molar-refractivity contribution in [3.63, 3.8) is 0 Å². The molecule has 1 unspecified atom stereocenters. The molecule has 0 aliphatic rings. The van der Waals surface area contributed by atoms with E-state index in [0.717, 1.165) is 32.9 Å². The summed E-state index contributed by atoms with van der Waals surface area (Å²) in [5, 5.41) is 2.81. The molecule has 12 heteroatoms. The fourth-order valence-corrected chi connectivity index (χ4v) is 7.78. The van der Waals surface area contributed by atoms with Gasteiger partial charge in [-0.3, -0.25) is 9.59 Å². The number of allylic oxidation sites excluding steroid dienone is 2. The molecule has 0 aromatic heterocycles. The summed E-state index contributed by atoms with van der Waals surface area (Å²) in [6.45, 7) is 22.3. The molecule has 326 valence electrons. The first-order valence-corrected chi connectivity index (χ1v) is 22.7. The number of thioether (sulfide) groups is 1. The zero-order valence-corrected chi connectivity index (χ0v) is 37.8. The van der Waals surface area contributed by atoms with Crippen LogP contribution in [0.2, 0.25) is 0 Å². The Kier molecular flexibility index (Phi) is 24.6. The lowest BCUT2D eigenvalue weighted by molar-refractivity contribution is 0.00988. The van der Waals surface area contributed by atoms with Gasteiger partial charge in [-0.25, -0.2) is 8.42 Å². The fraction of sp³-hybridized carbons (Fsp3) is 0.375. The molecule has 0 saturated heterocycles. The van der Waals surface area contributed by atoms with Crippen LogP contribution in [0.25, 0.3) is 5.57 Å². The van der Waals surface area contributed by atoms with Crippen LogP contribution in [-0.4, -0.2) is 84.4 Å². The van der Waals surface area contributed by atoms with E-state index in [1.807, 2.05) is 69.3 Å². The van der Waals surface area contributed by atoms with Crippen LogP contribution in [0, 0.1) is 19.8 Å². The van der Waals surface area contributed by atoms with E-state index in [4.69, 9.17) is 24.7 Å². The Labute approximate surface area is 362 Å². The van der Waals surface area contributed by atoms with E-state index in [0.29, 0.717) is 69.6 Å². The largest absolute Gasteiger partial charge is 0.491 e. The third-order valence-electron chi connectivity index (χ3n) is 8.19. The van der Waals surface area contributed by atoms with Gasteiger partial charge in [0.1, 0.15) is 12.4 Å². The maximum absolute atomic E-state index is 13.7. The molecule has 0 fully saturated rings. The SMILES string of the molecule is C=C(C)N.C=C(C)c1ccc(OCCOCCOCCOCCNC(=O)c2ccc(C(=O)C(CSc3ccc(C)cc3)CS(=O)(=O)c3ccc(C)cc3)cc2)cc1.CCC. The number of ether oxygens (including phenoxy) is 4. The van der Waals surface area contributed by atoms with Crippen molar-refractivity contribution < 1.29 is 37.0 Å². The van der Waals surface area contributed by atoms with Crippen molar-refractivity contribution in [3.8, 4) is 5.75 Å². The monoisotopic (exact) mass is 860 g/mol. The molecule has 0 spiro atoms. The average molecular weight is 861 g/mol. The second kappa shape index (κ2) is 28.7. The van der Waals surface area contributed by atoms with Crippen LogP contribution >= 0.6 is 11.8 Å². The van der Waals surface area contributed by atoms with E-state index in [9.17, 15) is 18.0 Å². The van der Waals surface area contributed by atoms with Gasteiger partial charge in [0, 0.05) is 34.2 Å². The van der Waals surface area contributed by atoms with Crippen molar-refractivity contribution in [1.29, 1.82) is 0 Å². The molecule has 0 saturated carbocycles. The summed E-state index contributed by atoms with van der Waals surface area (Å²) in [7, 11) is -3.73. The average Bonchev–Trinajstić information content (AvgIpc) is 3.22. The minimum absolute atomic E-state index is 0.189. The first-order valence-electron chi connectivity index (χ1n) is 20.1. The summed E-state index contributed by atoms with van der Waals surface area (Å²) in [6.07, 6.45) is 1.25. The molecule has 0 radical (unpaired) electrons. The molecular weight excluding hydrogens is 797 g/mol.